The van der Waals surface area contributed by atoms with Crippen molar-refractivity contribution in [3.05, 3.63) is 65.7 Å². The van der Waals surface area contributed by atoms with Crippen LogP contribution in [0.3, 0.4) is 0 Å². The fourth-order valence-corrected chi connectivity index (χ4v) is 5.93. The van der Waals surface area contributed by atoms with E-state index >= 15 is 0 Å². The fraction of sp³-hybridized carbons (Fsp3) is 0.379. The highest BCUT2D eigenvalue weighted by molar-refractivity contribution is 5.87. The number of pyridine rings is 2. The largest absolute Gasteiger partial charge is 0.481 e. The predicted octanol–water partition coefficient (Wildman–Crippen LogP) is 6.72. The van der Waals surface area contributed by atoms with Crippen molar-refractivity contribution in [3.8, 4) is 22.6 Å². The van der Waals surface area contributed by atoms with Crippen LogP contribution in [0.15, 0.2) is 47.0 Å². The lowest BCUT2D eigenvalue weighted by atomic mass is 9.85. The number of halogens is 1. The number of carbonyl (C=O) groups is 1. The molecule has 0 radical (unpaired) electrons. The van der Waals surface area contributed by atoms with Crippen molar-refractivity contribution in [2.75, 3.05) is 0 Å². The highest BCUT2D eigenvalue weighted by atomic mass is 19.1. The number of aromatic nitrogens is 3. The van der Waals surface area contributed by atoms with E-state index in [-0.39, 0.29) is 17.8 Å². The molecule has 0 saturated heterocycles. The molecule has 0 spiro atoms. The molecule has 1 atom stereocenters. The fourth-order valence-electron chi connectivity index (χ4n) is 5.93. The SMILES string of the molecule is CC1(Cc2ncc(-c3cc4c(nc3-c3ccc5ccc(F)nc5c3)C(CC(=O)O)CC4)o2)CCCC1. The lowest BCUT2D eigenvalue weighted by molar-refractivity contribution is -0.137. The number of benzene rings is 1. The second-order valence-corrected chi connectivity index (χ2v) is 10.6. The number of aryl methyl sites for hydroxylation is 1. The van der Waals surface area contributed by atoms with Crippen molar-refractivity contribution < 1.29 is 18.7 Å². The van der Waals surface area contributed by atoms with Gasteiger partial charge in [-0.3, -0.25) is 9.78 Å². The van der Waals surface area contributed by atoms with E-state index in [1.807, 2.05) is 18.2 Å². The highest BCUT2D eigenvalue weighted by Crippen LogP contribution is 2.43. The lowest BCUT2D eigenvalue weighted by Crippen LogP contribution is -2.14. The molecule has 3 heterocycles. The molecule has 1 fully saturated rings. The summed E-state index contributed by atoms with van der Waals surface area (Å²) < 4.78 is 20.2. The van der Waals surface area contributed by atoms with Gasteiger partial charge in [0.05, 0.1) is 23.8 Å². The van der Waals surface area contributed by atoms with Crippen LogP contribution in [0.1, 0.15) is 68.5 Å². The quantitative estimate of drug-likeness (QED) is 0.305. The van der Waals surface area contributed by atoms with Gasteiger partial charge in [-0.1, -0.05) is 31.9 Å². The summed E-state index contributed by atoms with van der Waals surface area (Å²) in [5, 5.41) is 10.2. The molecule has 7 heteroatoms. The van der Waals surface area contributed by atoms with Gasteiger partial charge in [-0.25, -0.2) is 9.97 Å². The maximum atomic E-state index is 13.9. The topological polar surface area (TPSA) is 89.1 Å². The Kier molecular flexibility index (Phi) is 5.58. The minimum atomic E-state index is -0.828. The van der Waals surface area contributed by atoms with Gasteiger partial charge < -0.3 is 9.52 Å². The maximum Gasteiger partial charge on any atom is 0.304 e. The second-order valence-electron chi connectivity index (χ2n) is 10.6. The van der Waals surface area contributed by atoms with E-state index < -0.39 is 11.9 Å². The molecule has 2 aliphatic rings. The van der Waals surface area contributed by atoms with Crippen molar-refractivity contribution in [2.45, 2.75) is 64.2 Å². The van der Waals surface area contributed by atoms with E-state index in [4.69, 9.17) is 9.40 Å². The minimum absolute atomic E-state index is 0.0499. The molecule has 0 amide bonds. The third-order valence-electron chi connectivity index (χ3n) is 7.84. The summed E-state index contributed by atoms with van der Waals surface area (Å²) in [6, 6.07) is 10.8. The number of carboxylic acid groups (broad SMARTS) is 1. The number of carboxylic acids is 1. The maximum absolute atomic E-state index is 13.9. The summed E-state index contributed by atoms with van der Waals surface area (Å²) in [5.74, 6) is -0.124. The van der Waals surface area contributed by atoms with E-state index in [1.54, 1.807) is 12.3 Å². The molecule has 36 heavy (non-hydrogen) atoms. The van der Waals surface area contributed by atoms with Crippen LogP contribution in [-0.2, 0) is 17.6 Å². The number of rotatable bonds is 6. The Hall–Kier alpha value is -3.61. The molecule has 4 aromatic rings. The van der Waals surface area contributed by atoms with Gasteiger partial charge in [-0.2, -0.15) is 4.39 Å². The average molecular weight is 486 g/mol. The molecule has 1 N–H and O–H groups in total. The summed E-state index contributed by atoms with van der Waals surface area (Å²) in [6.07, 6.45) is 9.01. The summed E-state index contributed by atoms with van der Waals surface area (Å²) >= 11 is 0. The Morgan fingerprint density at radius 1 is 1.17 bits per heavy atom. The molecular weight excluding hydrogens is 457 g/mol. The van der Waals surface area contributed by atoms with Gasteiger partial charge in [-0.15, -0.1) is 0 Å². The van der Waals surface area contributed by atoms with Crippen LogP contribution in [0.25, 0.3) is 33.5 Å². The van der Waals surface area contributed by atoms with E-state index in [2.05, 4.69) is 23.0 Å². The van der Waals surface area contributed by atoms with E-state index in [0.717, 1.165) is 52.9 Å². The first-order chi connectivity index (χ1) is 17.4. The first-order valence-electron chi connectivity index (χ1n) is 12.6. The number of nitrogens with zero attached hydrogens (tertiary/aromatic N) is 3. The number of aliphatic carboxylic acids is 1. The zero-order valence-corrected chi connectivity index (χ0v) is 20.3. The Labute approximate surface area is 208 Å². The normalized spacial score (nSPS) is 18.6. The van der Waals surface area contributed by atoms with Crippen molar-refractivity contribution in [2.24, 2.45) is 5.41 Å². The van der Waals surface area contributed by atoms with Crippen LogP contribution in [0, 0.1) is 11.4 Å². The zero-order valence-electron chi connectivity index (χ0n) is 20.3. The highest BCUT2D eigenvalue weighted by Gasteiger charge is 2.32. The van der Waals surface area contributed by atoms with Crippen LogP contribution >= 0.6 is 0 Å². The Balaban J connectivity index is 1.46. The number of fused-ring (bicyclic) bond motifs is 2. The molecule has 1 unspecified atom stereocenters. The molecule has 184 valence electrons. The molecule has 6 nitrogen and oxygen atoms in total. The van der Waals surface area contributed by atoms with Crippen LogP contribution in [0.4, 0.5) is 4.39 Å². The minimum Gasteiger partial charge on any atom is -0.481 e. The third kappa shape index (κ3) is 4.27. The molecule has 0 aliphatic heterocycles. The number of oxazole rings is 1. The molecular formula is C29H28FN3O3. The van der Waals surface area contributed by atoms with Crippen molar-refractivity contribution >= 4 is 16.9 Å². The van der Waals surface area contributed by atoms with Gasteiger partial charge >= 0.3 is 5.97 Å². The smallest absolute Gasteiger partial charge is 0.304 e. The lowest BCUT2D eigenvalue weighted by Gasteiger charge is -2.20. The zero-order chi connectivity index (χ0) is 24.9. The summed E-state index contributed by atoms with van der Waals surface area (Å²) in [5.41, 5.74) is 4.89. The van der Waals surface area contributed by atoms with Crippen molar-refractivity contribution in [1.29, 1.82) is 0 Å². The molecule has 6 rings (SSSR count). The molecule has 1 saturated carbocycles. The van der Waals surface area contributed by atoms with E-state index in [1.165, 1.54) is 31.7 Å². The summed E-state index contributed by atoms with van der Waals surface area (Å²) in [6.45, 7) is 2.30. The predicted molar refractivity (Wildman–Crippen MR) is 134 cm³/mol. The van der Waals surface area contributed by atoms with E-state index in [0.29, 0.717) is 17.0 Å². The van der Waals surface area contributed by atoms with Crippen LogP contribution in [-0.4, -0.2) is 26.0 Å². The van der Waals surface area contributed by atoms with Gasteiger partial charge in [0.15, 0.2) is 11.7 Å². The van der Waals surface area contributed by atoms with Crippen molar-refractivity contribution in [1.82, 2.24) is 15.0 Å². The first kappa shape index (κ1) is 22.8. The second kappa shape index (κ2) is 8.80. The van der Waals surface area contributed by atoms with Gasteiger partial charge in [0.2, 0.25) is 5.95 Å². The standard InChI is InChI=1S/C29H28FN3O3/c1-29(10-2-3-11-29)15-25-31-16-23(36-25)21-12-18-6-7-20(14-26(34)35)27(18)33-28(21)19-5-4-17-8-9-24(30)32-22(17)13-19/h4-5,8-9,12-13,16,20H,2-3,6-7,10-11,14-15H2,1H3,(H,34,35). The van der Waals surface area contributed by atoms with Gasteiger partial charge in [-0.05, 0) is 60.9 Å². The van der Waals surface area contributed by atoms with Crippen LogP contribution < -0.4 is 0 Å². The monoisotopic (exact) mass is 485 g/mol. The van der Waals surface area contributed by atoms with Crippen LogP contribution in [0.5, 0.6) is 0 Å². The summed E-state index contributed by atoms with van der Waals surface area (Å²) in [4.78, 5) is 25.1. The van der Waals surface area contributed by atoms with Gasteiger partial charge in [0.1, 0.15) is 0 Å². The average Bonchev–Trinajstić information content (AvgIpc) is 3.58. The Morgan fingerprint density at radius 3 is 2.78 bits per heavy atom. The van der Waals surface area contributed by atoms with E-state index in [9.17, 15) is 14.3 Å². The number of hydrogen-bond acceptors (Lipinski definition) is 5. The Bertz CT molecular complexity index is 1470. The summed E-state index contributed by atoms with van der Waals surface area (Å²) in [7, 11) is 0. The first-order valence-corrected chi connectivity index (χ1v) is 12.6. The van der Waals surface area contributed by atoms with Gasteiger partial charge in [0.25, 0.3) is 0 Å². The number of hydrogen-bond donors (Lipinski definition) is 1. The molecule has 1 aromatic carbocycles. The van der Waals surface area contributed by atoms with Crippen molar-refractivity contribution in [3.63, 3.8) is 0 Å². The van der Waals surface area contributed by atoms with Crippen LogP contribution in [0.2, 0.25) is 0 Å². The molecule has 2 aliphatic carbocycles. The molecule has 0 bridgehead atoms. The molecule has 3 aromatic heterocycles. The third-order valence-corrected chi connectivity index (χ3v) is 7.84. The van der Waals surface area contributed by atoms with Gasteiger partial charge in [0, 0.05) is 34.5 Å². The Morgan fingerprint density at radius 2 is 1.97 bits per heavy atom.